The molecule has 0 N–H and O–H groups in total. The van der Waals surface area contributed by atoms with E-state index in [1.807, 2.05) is 48.1 Å². The van der Waals surface area contributed by atoms with Crippen LogP contribution in [0.1, 0.15) is 18.5 Å². The highest BCUT2D eigenvalue weighted by Gasteiger charge is 2.17. The first-order valence-electron chi connectivity index (χ1n) is 5.94. The van der Waals surface area contributed by atoms with Crippen LogP contribution in [-0.2, 0) is 13.5 Å². The summed E-state index contributed by atoms with van der Waals surface area (Å²) in [4.78, 5) is 0. The molecule has 1 heterocycles. The highest BCUT2D eigenvalue weighted by molar-refractivity contribution is 5.52. The van der Waals surface area contributed by atoms with Gasteiger partial charge < -0.3 is 5.21 Å². The van der Waals surface area contributed by atoms with E-state index in [0.29, 0.717) is 24.4 Å². The lowest BCUT2D eigenvalue weighted by atomic mass is 10.2. The van der Waals surface area contributed by atoms with Crippen molar-refractivity contribution in [3.05, 3.63) is 47.4 Å². The summed E-state index contributed by atoms with van der Waals surface area (Å²) >= 11 is 0. The van der Waals surface area contributed by atoms with Gasteiger partial charge in [0, 0.05) is 12.8 Å². The number of benzene rings is 1. The van der Waals surface area contributed by atoms with Crippen LogP contribution in [0.15, 0.2) is 36.5 Å². The molecule has 0 spiro atoms. The number of aromatic nitrogens is 2. The van der Waals surface area contributed by atoms with E-state index < -0.39 is 0 Å². The number of nitriles is 1. The molecule has 2 aromatic rings. The van der Waals surface area contributed by atoms with Gasteiger partial charge in [-0.3, -0.25) is 0 Å². The monoisotopic (exact) mass is 241 g/mol. The zero-order valence-corrected chi connectivity index (χ0v) is 10.3. The van der Waals surface area contributed by atoms with E-state index >= 15 is 0 Å². The van der Waals surface area contributed by atoms with Gasteiger partial charge in [0.05, 0.1) is 18.7 Å². The van der Waals surface area contributed by atoms with Gasteiger partial charge >= 0.3 is 0 Å². The van der Waals surface area contributed by atoms with Crippen molar-refractivity contribution in [2.75, 3.05) is 0 Å². The van der Waals surface area contributed by atoms with E-state index in [2.05, 4.69) is 6.07 Å². The van der Waals surface area contributed by atoms with Crippen LogP contribution in [0, 0.1) is 16.5 Å². The molecule has 0 saturated carbocycles. The molecule has 92 valence electrons. The Morgan fingerprint density at radius 2 is 2.06 bits per heavy atom. The topological polar surface area (TPSA) is 55.7 Å². The van der Waals surface area contributed by atoms with E-state index in [1.54, 1.807) is 0 Å². The van der Waals surface area contributed by atoms with Crippen molar-refractivity contribution in [2.24, 2.45) is 7.05 Å². The molecule has 4 nitrogen and oxygen atoms in total. The Morgan fingerprint density at radius 3 is 2.72 bits per heavy atom. The Kier molecular flexibility index (Phi) is 3.63. The minimum Gasteiger partial charge on any atom is -0.710 e. The predicted octanol–water partition coefficient (Wildman–Crippen LogP) is 2.17. The van der Waals surface area contributed by atoms with Gasteiger partial charge in [-0.25, -0.2) is 9.30 Å². The van der Waals surface area contributed by atoms with E-state index in [9.17, 15) is 5.21 Å². The van der Waals surface area contributed by atoms with Gasteiger partial charge in [-0.15, -0.1) is 0 Å². The molecule has 0 radical (unpaired) electrons. The minimum absolute atomic E-state index is 0.482. The summed E-state index contributed by atoms with van der Waals surface area (Å²) in [6, 6.07) is 11.7. The van der Waals surface area contributed by atoms with Crippen LogP contribution >= 0.6 is 0 Å². The Labute approximate surface area is 106 Å². The summed E-state index contributed by atoms with van der Waals surface area (Å²) in [6.45, 7) is 0. The molecule has 0 bridgehead atoms. The zero-order valence-electron chi connectivity index (χ0n) is 10.3. The standard InChI is InChI=1S/C14H15N3O/c1-16-11-13(9-5-6-10-15)17(18)14(16)12-7-3-2-4-8-12/h2-4,7-8,11H,5-6,9H2,1H3. The van der Waals surface area contributed by atoms with Crippen LogP contribution in [0.25, 0.3) is 11.4 Å². The van der Waals surface area contributed by atoms with Crippen molar-refractivity contribution in [1.29, 1.82) is 5.26 Å². The highest BCUT2D eigenvalue weighted by atomic mass is 16.5. The molecule has 0 aliphatic heterocycles. The van der Waals surface area contributed by atoms with Gasteiger partial charge in [0.15, 0.2) is 0 Å². The summed E-state index contributed by atoms with van der Waals surface area (Å²) in [5.74, 6) is 0.641. The van der Waals surface area contributed by atoms with Gasteiger partial charge in [0.25, 0.3) is 5.82 Å². The summed E-state index contributed by atoms with van der Waals surface area (Å²) in [5, 5.41) is 20.7. The third-order valence-electron chi connectivity index (χ3n) is 2.88. The molecule has 0 aliphatic carbocycles. The summed E-state index contributed by atoms with van der Waals surface area (Å²) in [5.41, 5.74) is 1.62. The number of aryl methyl sites for hydroxylation is 2. The molecule has 4 heteroatoms. The fraction of sp³-hybridized carbons (Fsp3) is 0.286. The van der Waals surface area contributed by atoms with Gasteiger partial charge in [-0.1, -0.05) is 18.2 Å². The van der Waals surface area contributed by atoms with Gasteiger partial charge in [0.2, 0.25) is 0 Å². The molecule has 2 rings (SSSR count). The van der Waals surface area contributed by atoms with Crippen molar-refractivity contribution in [1.82, 2.24) is 4.57 Å². The second-order valence-electron chi connectivity index (χ2n) is 4.23. The molecular weight excluding hydrogens is 226 g/mol. The summed E-state index contributed by atoms with van der Waals surface area (Å²) in [7, 11) is 1.87. The average Bonchev–Trinajstić information content (AvgIpc) is 2.66. The maximum Gasteiger partial charge on any atom is 0.291 e. The van der Waals surface area contributed by atoms with Crippen LogP contribution in [-0.4, -0.2) is 4.57 Å². The second-order valence-corrected chi connectivity index (χ2v) is 4.23. The number of hydrogen-bond donors (Lipinski definition) is 0. The van der Waals surface area contributed by atoms with Crippen molar-refractivity contribution < 1.29 is 4.73 Å². The van der Waals surface area contributed by atoms with Crippen LogP contribution in [0.3, 0.4) is 0 Å². The third kappa shape index (κ3) is 2.35. The number of nitrogens with zero attached hydrogens (tertiary/aromatic N) is 3. The normalized spacial score (nSPS) is 10.2. The van der Waals surface area contributed by atoms with Gasteiger partial charge in [-0.05, 0) is 18.6 Å². The van der Waals surface area contributed by atoms with Crippen LogP contribution in [0.5, 0.6) is 0 Å². The second kappa shape index (κ2) is 5.37. The Hall–Kier alpha value is -2.28. The fourth-order valence-electron chi connectivity index (χ4n) is 2.04. The lowest BCUT2D eigenvalue weighted by molar-refractivity contribution is -0.601. The molecule has 0 amide bonds. The zero-order chi connectivity index (χ0) is 13.0. The van der Waals surface area contributed by atoms with Crippen LogP contribution < -0.4 is 4.73 Å². The molecule has 0 unspecified atom stereocenters. The van der Waals surface area contributed by atoms with Crippen molar-refractivity contribution in [2.45, 2.75) is 19.3 Å². The van der Waals surface area contributed by atoms with Crippen LogP contribution in [0.2, 0.25) is 0 Å². The molecule has 18 heavy (non-hydrogen) atoms. The van der Waals surface area contributed by atoms with E-state index in [-0.39, 0.29) is 0 Å². The van der Waals surface area contributed by atoms with E-state index in [1.165, 1.54) is 0 Å². The molecule has 1 aromatic heterocycles. The molecule has 1 aromatic carbocycles. The third-order valence-corrected chi connectivity index (χ3v) is 2.88. The maximum atomic E-state index is 12.2. The Morgan fingerprint density at radius 1 is 1.33 bits per heavy atom. The van der Waals surface area contributed by atoms with Crippen molar-refractivity contribution >= 4 is 0 Å². The minimum atomic E-state index is 0.482. The largest absolute Gasteiger partial charge is 0.710 e. The Balaban J connectivity index is 2.30. The quantitative estimate of drug-likeness (QED) is 0.468. The average molecular weight is 241 g/mol. The first-order chi connectivity index (χ1) is 8.74. The first-order valence-corrected chi connectivity index (χ1v) is 5.94. The smallest absolute Gasteiger partial charge is 0.291 e. The number of imidazole rings is 1. The molecule has 0 aliphatic rings. The van der Waals surface area contributed by atoms with Gasteiger partial charge in [-0.2, -0.15) is 5.26 Å². The highest BCUT2D eigenvalue weighted by Crippen LogP contribution is 2.16. The van der Waals surface area contributed by atoms with Crippen LogP contribution in [0.4, 0.5) is 0 Å². The van der Waals surface area contributed by atoms with Gasteiger partial charge in [0.1, 0.15) is 11.9 Å². The molecule has 0 saturated heterocycles. The molecular formula is C14H15N3O. The lowest BCUT2D eigenvalue weighted by Gasteiger charge is -2.06. The Bertz CT molecular complexity index is 567. The molecule has 0 atom stereocenters. The first kappa shape index (κ1) is 12.2. The number of hydrogen-bond acceptors (Lipinski definition) is 2. The summed E-state index contributed by atoms with van der Waals surface area (Å²) in [6.07, 6.45) is 3.68. The number of rotatable bonds is 4. The van der Waals surface area contributed by atoms with E-state index in [4.69, 9.17) is 5.26 Å². The maximum absolute atomic E-state index is 12.2. The van der Waals surface area contributed by atoms with Crippen molar-refractivity contribution in [3.8, 4) is 17.5 Å². The summed E-state index contributed by atoms with van der Waals surface area (Å²) < 4.78 is 2.80. The SMILES string of the molecule is Cn1cc(CCCC#N)[n+]([O-])c1-c1ccccc1. The van der Waals surface area contributed by atoms with E-state index in [0.717, 1.165) is 16.7 Å². The van der Waals surface area contributed by atoms with Crippen molar-refractivity contribution in [3.63, 3.8) is 0 Å². The predicted molar refractivity (Wildman–Crippen MR) is 68.4 cm³/mol. The fourth-order valence-corrected chi connectivity index (χ4v) is 2.04. The lowest BCUT2D eigenvalue weighted by Crippen LogP contribution is -2.32. The number of unbranched alkanes of at least 4 members (excludes halogenated alkanes) is 1. The molecule has 0 fully saturated rings.